The Bertz CT molecular complexity index is 1140. The van der Waals surface area contributed by atoms with Gasteiger partial charge in [0.05, 0.1) is 5.88 Å². The highest BCUT2D eigenvalue weighted by molar-refractivity contribution is 7.80. The van der Waals surface area contributed by atoms with Gasteiger partial charge in [-0.2, -0.15) is 12.6 Å². The maximum Gasteiger partial charge on any atom is 0.157 e. The highest BCUT2D eigenvalue weighted by atomic mass is 32.1. The van der Waals surface area contributed by atoms with Crippen molar-refractivity contribution in [3.63, 3.8) is 0 Å². The number of fused-ring (bicyclic) bond motifs is 3. The number of hydrogen-bond donors (Lipinski definition) is 2. The summed E-state index contributed by atoms with van der Waals surface area (Å²) < 4.78 is 29.1. The van der Waals surface area contributed by atoms with Crippen molar-refractivity contribution in [3.05, 3.63) is 77.9 Å². The summed E-state index contributed by atoms with van der Waals surface area (Å²) in [6.45, 7) is 2.13. The van der Waals surface area contributed by atoms with Crippen molar-refractivity contribution in [3.8, 4) is 11.1 Å². The lowest BCUT2D eigenvalue weighted by Crippen LogP contribution is -2.01. The molecular weight excluding hydrogens is 360 g/mol. The van der Waals surface area contributed by atoms with Gasteiger partial charge in [0.25, 0.3) is 0 Å². The van der Waals surface area contributed by atoms with Gasteiger partial charge in [-0.1, -0.05) is 55.5 Å². The summed E-state index contributed by atoms with van der Waals surface area (Å²) in [4.78, 5) is 0. The average Bonchev–Trinajstić information content (AvgIpc) is 2.70. The van der Waals surface area contributed by atoms with Gasteiger partial charge in [-0.3, -0.25) is 0 Å². The van der Waals surface area contributed by atoms with Crippen LogP contribution in [0.4, 0.5) is 14.5 Å². The van der Waals surface area contributed by atoms with Gasteiger partial charge in [0.1, 0.15) is 11.5 Å². The monoisotopic (exact) mass is 379 g/mol. The summed E-state index contributed by atoms with van der Waals surface area (Å²) in [5, 5.41) is 5.39. The van der Waals surface area contributed by atoms with Gasteiger partial charge in [-0.05, 0) is 51.4 Å². The molecule has 0 aliphatic rings. The topological polar surface area (TPSA) is 12.0 Å². The summed E-state index contributed by atoms with van der Waals surface area (Å²) in [6.07, 6.45) is 1.01. The van der Waals surface area contributed by atoms with Crippen LogP contribution in [0, 0.1) is 11.6 Å². The number of benzene rings is 4. The first-order chi connectivity index (χ1) is 13.1. The van der Waals surface area contributed by atoms with E-state index < -0.39 is 11.6 Å². The molecule has 0 radical (unpaired) electrons. The summed E-state index contributed by atoms with van der Waals surface area (Å²) in [6, 6.07) is 19.4. The van der Waals surface area contributed by atoms with Crippen LogP contribution in [0.25, 0.3) is 32.7 Å². The minimum atomic E-state index is -0.610. The molecule has 4 aromatic rings. The number of anilines is 1. The van der Waals surface area contributed by atoms with Crippen molar-refractivity contribution in [1.29, 1.82) is 0 Å². The third kappa shape index (κ3) is 3.15. The highest BCUT2D eigenvalue weighted by Crippen LogP contribution is 2.34. The lowest BCUT2D eigenvalue weighted by molar-refractivity contribution is 0.598. The molecule has 0 unspecified atom stereocenters. The van der Waals surface area contributed by atoms with Gasteiger partial charge in [0.15, 0.2) is 5.82 Å². The number of aryl methyl sites for hydroxylation is 1. The fourth-order valence-electron chi connectivity index (χ4n) is 3.49. The zero-order chi connectivity index (χ0) is 19.0. The van der Waals surface area contributed by atoms with Crippen LogP contribution in [0.2, 0.25) is 0 Å². The zero-order valence-electron chi connectivity index (χ0n) is 14.9. The molecule has 1 nitrogen and oxygen atoms in total. The number of thiol groups is 1. The molecule has 0 aromatic heterocycles. The van der Waals surface area contributed by atoms with Crippen LogP contribution in [0.15, 0.2) is 60.7 Å². The van der Waals surface area contributed by atoms with Crippen molar-refractivity contribution in [2.24, 2.45) is 0 Å². The van der Waals surface area contributed by atoms with Gasteiger partial charge in [-0.15, -0.1) is 0 Å². The second-order valence-electron chi connectivity index (χ2n) is 6.53. The molecule has 0 heterocycles. The van der Waals surface area contributed by atoms with E-state index in [2.05, 4.69) is 55.2 Å². The van der Waals surface area contributed by atoms with E-state index in [1.165, 1.54) is 11.6 Å². The van der Waals surface area contributed by atoms with Crippen LogP contribution < -0.4 is 5.32 Å². The van der Waals surface area contributed by atoms with Gasteiger partial charge < -0.3 is 5.32 Å². The molecule has 0 saturated carbocycles. The van der Waals surface area contributed by atoms with E-state index in [0.29, 0.717) is 10.8 Å². The quantitative estimate of drug-likeness (QED) is 0.226. The predicted octanol–water partition coefficient (Wildman–Crippen LogP) is 6.80. The zero-order valence-corrected chi connectivity index (χ0v) is 15.8. The summed E-state index contributed by atoms with van der Waals surface area (Å²) in [5.41, 5.74) is 3.37. The van der Waals surface area contributed by atoms with Crippen molar-refractivity contribution >= 4 is 39.9 Å². The summed E-state index contributed by atoms with van der Waals surface area (Å²) >= 11 is 3.99. The molecule has 0 saturated heterocycles. The number of nitrogens with one attached hydrogen (secondary N) is 1. The van der Waals surface area contributed by atoms with Gasteiger partial charge in [0.2, 0.25) is 0 Å². The Balaban J connectivity index is 1.88. The van der Waals surface area contributed by atoms with Crippen LogP contribution in [-0.4, -0.2) is 5.88 Å². The smallest absolute Gasteiger partial charge is 0.157 e. The Kier molecular flexibility index (Phi) is 4.75. The second-order valence-corrected chi connectivity index (χ2v) is 6.85. The van der Waals surface area contributed by atoms with Gasteiger partial charge in [-0.25, -0.2) is 8.78 Å². The van der Waals surface area contributed by atoms with Crippen molar-refractivity contribution in [2.45, 2.75) is 13.3 Å². The number of hydrogen-bond acceptors (Lipinski definition) is 2. The van der Waals surface area contributed by atoms with Crippen LogP contribution in [-0.2, 0) is 6.42 Å². The molecular formula is C23H19F2NS. The van der Waals surface area contributed by atoms with Crippen LogP contribution in [0.1, 0.15) is 12.5 Å². The average molecular weight is 379 g/mol. The first-order valence-electron chi connectivity index (χ1n) is 8.91. The van der Waals surface area contributed by atoms with Gasteiger partial charge in [0, 0.05) is 5.39 Å². The SMILES string of the molecule is CCc1ccc(-c2ccc3c(ccc4c(F)c(NCS)c(F)cc43)c2)cc1. The Labute approximate surface area is 162 Å². The van der Waals surface area contributed by atoms with E-state index in [1.807, 2.05) is 18.2 Å². The maximum absolute atomic E-state index is 14.7. The summed E-state index contributed by atoms with van der Waals surface area (Å²) in [7, 11) is 0. The first-order valence-corrected chi connectivity index (χ1v) is 9.54. The predicted molar refractivity (Wildman–Crippen MR) is 114 cm³/mol. The van der Waals surface area contributed by atoms with Crippen LogP contribution in [0.3, 0.4) is 0 Å². The summed E-state index contributed by atoms with van der Waals surface area (Å²) in [5.74, 6) is -1.03. The molecule has 0 aliphatic heterocycles. The largest absolute Gasteiger partial charge is 0.371 e. The fraction of sp³-hybridized carbons (Fsp3) is 0.130. The van der Waals surface area contributed by atoms with E-state index in [1.54, 1.807) is 6.07 Å². The molecule has 4 heteroatoms. The molecule has 136 valence electrons. The molecule has 4 aromatic carbocycles. The van der Waals surface area contributed by atoms with Crippen molar-refractivity contribution in [2.75, 3.05) is 11.2 Å². The molecule has 27 heavy (non-hydrogen) atoms. The van der Waals surface area contributed by atoms with Gasteiger partial charge >= 0.3 is 0 Å². The van der Waals surface area contributed by atoms with Crippen molar-refractivity contribution in [1.82, 2.24) is 0 Å². The standard InChI is InChI=1S/C23H19F2NS/c1-2-14-3-5-15(6-4-14)16-7-9-18-17(11-16)8-10-19-20(18)12-21(24)23(22(19)25)26-13-27/h3-12,26-27H,2,13H2,1H3. The van der Waals surface area contributed by atoms with Crippen LogP contribution >= 0.6 is 12.6 Å². The van der Waals surface area contributed by atoms with E-state index in [-0.39, 0.29) is 11.6 Å². The Morgan fingerprint density at radius 2 is 1.52 bits per heavy atom. The molecule has 4 rings (SSSR count). The Morgan fingerprint density at radius 3 is 2.22 bits per heavy atom. The van der Waals surface area contributed by atoms with E-state index in [4.69, 9.17) is 0 Å². The second kappa shape index (κ2) is 7.20. The van der Waals surface area contributed by atoms with Crippen molar-refractivity contribution < 1.29 is 8.78 Å². The lowest BCUT2D eigenvalue weighted by Gasteiger charge is -2.12. The number of rotatable bonds is 4. The molecule has 0 spiro atoms. The van der Waals surface area contributed by atoms with E-state index in [0.717, 1.165) is 28.3 Å². The lowest BCUT2D eigenvalue weighted by atomic mass is 9.96. The molecule has 0 aliphatic carbocycles. The van der Waals surface area contributed by atoms with E-state index in [9.17, 15) is 8.78 Å². The van der Waals surface area contributed by atoms with Crippen LogP contribution in [0.5, 0.6) is 0 Å². The molecule has 0 amide bonds. The molecule has 1 N–H and O–H groups in total. The normalized spacial score (nSPS) is 11.3. The Morgan fingerprint density at radius 1 is 0.815 bits per heavy atom. The highest BCUT2D eigenvalue weighted by Gasteiger charge is 2.15. The molecule has 0 fully saturated rings. The fourth-order valence-corrected chi connectivity index (χ4v) is 3.65. The minimum Gasteiger partial charge on any atom is -0.371 e. The first kappa shape index (κ1) is 17.8. The maximum atomic E-state index is 14.7. The number of halogens is 2. The molecule has 0 atom stereocenters. The Hall–Kier alpha value is -2.59. The third-order valence-corrected chi connectivity index (χ3v) is 5.14. The van der Waals surface area contributed by atoms with E-state index >= 15 is 0 Å². The molecule has 0 bridgehead atoms. The minimum absolute atomic E-state index is 0.135. The third-order valence-electron chi connectivity index (χ3n) is 4.98.